The summed E-state index contributed by atoms with van der Waals surface area (Å²) < 4.78 is 5.93. The summed E-state index contributed by atoms with van der Waals surface area (Å²) in [4.78, 5) is 20.2. The number of aliphatic imine (C=N–C) groups is 2. The summed E-state index contributed by atoms with van der Waals surface area (Å²) in [6.45, 7) is 20.1. The van der Waals surface area contributed by atoms with Gasteiger partial charge in [-0.05, 0) is 61.4 Å². The minimum Gasteiger partial charge on any atom is -0.487 e. The van der Waals surface area contributed by atoms with Crippen LogP contribution in [0.25, 0.3) is 0 Å². The Labute approximate surface area is 251 Å². The van der Waals surface area contributed by atoms with Gasteiger partial charge in [0.25, 0.3) is 0 Å². The van der Waals surface area contributed by atoms with Gasteiger partial charge in [0.05, 0.1) is 17.0 Å². The summed E-state index contributed by atoms with van der Waals surface area (Å²) in [7, 11) is 3.48. The van der Waals surface area contributed by atoms with Crippen LogP contribution < -0.4 is 10.1 Å². The highest BCUT2D eigenvalue weighted by Gasteiger charge is 2.11. The van der Waals surface area contributed by atoms with E-state index < -0.39 is 5.97 Å². The van der Waals surface area contributed by atoms with Crippen molar-refractivity contribution in [1.29, 1.82) is 0 Å². The van der Waals surface area contributed by atoms with Crippen molar-refractivity contribution in [2.75, 3.05) is 27.2 Å². The third-order valence-electron chi connectivity index (χ3n) is 5.79. The smallest absolute Gasteiger partial charge is 0.335 e. The van der Waals surface area contributed by atoms with Gasteiger partial charge in [0.2, 0.25) is 0 Å². The van der Waals surface area contributed by atoms with Crippen molar-refractivity contribution in [2.24, 2.45) is 9.98 Å². The first-order valence-corrected chi connectivity index (χ1v) is 15.2. The maximum Gasteiger partial charge on any atom is 0.335 e. The van der Waals surface area contributed by atoms with Crippen molar-refractivity contribution in [2.45, 2.75) is 94.5 Å². The molecular formula is C35H57N3O3. The summed E-state index contributed by atoms with van der Waals surface area (Å²) in [5.74, 6) is -0.477. The predicted molar refractivity (Wildman–Crippen MR) is 180 cm³/mol. The molecule has 0 unspecified atom stereocenters. The molecule has 0 aliphatic carbocycles. The van der Waals surface area contributed by atoms with Crippen molar-refractivity contribution < 1.29 is 14.6 Å². The second-order valence-corrected chi connectivity index (χ2v) is 8.92. The number of aryl methyl sites for hydroxylation is 1. The highest BCUT2D eigenvalue weighted by molar-refractivity contribution is 6.14. The van der Waals surface area contributed by atoms with Gasteiger partial charge in [-0.1, -0.05) is 104 Å². The summed E-state index contributed by atoms with van der Waals surface area (Å²) >= 11 is 0. The number of carboxylic acid groups (broad SMARTS) is 1. The summed E-state index contributed by atoms with van der Waals surface area (Å²) in [5, 5.41) is 12.6. The number of rotatable bonds is 13. The van der Waals surface area contributed by atoms with Gasteiger partial charge in [-0.2, -0.15) is 0 Å². The van der Waals surface area contributed by atoms with E-state index in [2.05, 4.69) is 48.2 Å². The van der Waals surface area contributed by atoms with Gasteiger partial charge >= 0.3 is 5.97 Å². The maximum atomic E-state index is 11.5. The van der Waals surface area contributed by atoms with E-state index in [1.165, 1.54) is 37.3 Å². The van der Waals surface area contributed by atoms with Crippen molar-refractivity contribution in [3.05, 3.63) is 76.4 Å². The molecule has 2 N–H and O–H groups in total. The molecule has 41 heavy (non-hydrogen) atoms. The Hall–Kier alpha value is -3.25. The van der Waals surface area contributed by atoms with Crippen LogP contribution in [0.15, 0.2) is 64.1 Å². The fourth-order valence-electron chi connectivity index (χ4n) is 3.54. The molecule has 0 saturated carbocycles. The van der Waals surface area contributed by atoms with Crippen LogP contribution in [0, 0.1) is 6.92 Å². The van der Waals surface area contributed by atoms with Crippen molar-refractivity contribution in [3.8, 4) is 5.75 Å². The second kappa shape index (κ2) is 25.7. The number of aromatic carboxylic acids is 1. The fourth-order valence-corrected chi connectivity index (χ4v) is 3.54. The lowest BCUT2D eigenvalue weighted by atomic mass is 10.0. The Kier molecular flexibility index (Phi) is 25.0. The first kappa shape index (κ1) is 39.9. The largest absolute Gasteiger partial charge is 0.487 e. The monoisotopic (exact) mass is 567 g/mol. The number of allylic oxidation sites excluding steroid dienone is 1. The van der Waals surface area contributed by atoms with Crippen LogP contribution in [0.1, 0.15) is 108 Å². The van der Waals surface area contributed by atoms with Crippen LogP contribution >= 0.6 is 0 Å². The molecule has 0 atom stereocenters. The quantitative estimate of drug-likeness (QED) is 0.187. The minimum absolute atomic E-state index is 0.201. The Morgan fingerprint density at radius 2 is 1.49 bits per heavy atom. The SMILES string of the molecule is CC.CC.CCCCCC.CCNCc1cc(OCC(=NC)/C(C)=C/C(=NC)c2ccc(C)cc2)cc(C(=O)O)c1. The van der Waals surface area contributed by atoms with Crippen molar-refractivity contribution >= 4 is 17.4 Å². The zero-order valence-corrected chi connectivity index (χ0v) is 27.7. The van der Waals surface area contributed by atoms with Crippen molar-refractivity contribution in [3.63, 3.8) is 0 Å². The molecule has 0 amide bonds. The van der Waals surface area contributed by atoms with E-state index in [0.717, 1.165) is 34.7 Å². The number of unbranched alkanes of at least 4 members (excludes halogenated alkanes) is 3. The molecular weight excluding hydrogens is 510 g/mol. The standard InChI is InChI=1S/C25H31N3O3.C6H14.2C2H6/c1-6-28-15-19-12-21(25(29)30)14-22(13-19)31-16-24(27-5)18(3)11-23(26-4)20-9-7-17(2)8-10-20;1-3-5-6-4-2;2*1-2/h7-14,28H,6,15-16H2,1-5H3,(H,29,30);3-6H2,1-2H3;2*1-2H3/b18-11+,26-23?,27-24?;;;. The van der Waals surface area contributed by atoms with E-state index in [9.17, 15) is 9.90 Å². The molecule has 0 fully saturated rings. The molecule has 0 heterocycles. The Balaban J connectivity index is 0. The second-order valence-electron chi connectivity index (χ2n) is 8.92. The molecule has 230 valence electrons. The number of benzene rings is 2. The van der Waals surface area contributed by atoms with Crippen LogP contribution in [0.5, 0.6) is 5.75 Å². The van der Waals surface area contributed by atoms with Crippen LogP contribution in [0.4, 0.5) is 0 Å². The third kappa shape index (κ3) is 17.2. The van der Waals surface area contributed by atoms with E-state index in [0.29, 0.717) is 12.3 Å². The number of carboxylic acids is 1. The molecule has 6 nitrogen and oxygen atoms in total. The molecule has 0 aliphatic rings. The molecule has 0 aliphatic heterocycles. The highest BCUT2D eigenvalue weighted by Crippen LogP contribution is 2.18. The van der Waals surface area contributed by atoms with E-state index >= 15 is 0 Å². The van der Waals surface area contributed by atoms with Crippen LogP contribution in [-0.2, 0) is 6.54 Å². The molecule has 2 rings (SSSR count). The average Bonchev–Trinajstić information content (AvgIpc) is 3.00. The Morgan fingerprint density at radius 1 is 0.902 bits per heavy atom. The number of carbonyl (C=O) groups is 1. The normalized spacial score (nSPS) is 11.2. The predicted octanol–water partition coefficient (Wildman–Crippen LogP) is 8.96. The van der Waals surface area contributed by atoms with Gasteiger partial charge in [-0.15, -0.1) is 0 Å². The van der Waals surface area contributed by atoms with E-state index in [1.54, 1.807) is 20.2 Å². The van der Waals surface area contributed by atoms with Crippen LogP contribution in [-0.4, -0.2) is 49.7 Å². The van der Waals surface area contributed by atoms with Crippen LogP contribution in [0.3, 0.4) is 0 Å². The van der Waals surface area contributed by atoms with Gasteiger partial charge < -0.3 is 15.2 Å². The number of ether oxygens (including phenoxy) is 1. The molecule has 0 aromatic heterocycles. The van der Waals surface area contributed by atoms with E-state index in [4.69, 9.17) is 4.74 Å². The molecule has 2 aromatic carbocycles. The summed E-state index contributed by atoms with van der Waals surface area (Å²) in [6, 6.07) is 13.3. The van der Waals surface area contributed by atoms with Gasteiger partial charge in [0, 0.05) is 20.6 Å². The molecule has 2 aromatic rings. The van der Waals surface area contributed by atoms with E-state index in [1.807, 2.05) is 65.8 Å². The third-order valence-corrected chi connectivity index (χ3v) is 5.79. The zero-order chi connectivity index (χ0) is 31.6. The fraction of sp³-hybridized carbons (Fsp3) is 0.514. The summed E-state index contributed by atoms with van der Waals surface area (Å²) in [5.41, 5.74) is 5.85. The number of nitrogens with zero attached hydrogens (tertiary/aromatic N) is 2. The zero-order valence-electron chi connectivity index (χ0n) is 27.7. The molecule has 0 bridgehead atoms. The minimum atomic E-state index is -0.981. The lowest BCUT2D eigenvalue weighted by molar-refractivity contribution is 0.0696. The number of nitrogens with one attached hydrogen (secondary N) is 1. The van der Waals surface area contributed by atoms with Gasteiger partial charge in [-0.25, -0.2) is 4.79 Å². The maximum absolute atomic E-state index is 11.5. The average molecular weight is 568 g/mol. The van der Waals surface area contributed by atoms with Gasteiger partial charge in [-0.3, -0.25) is 9.98 Å². The van der Waals surface area contributed by atoms with Crippen LogP contribution in [0.2, 0.25) is 0 Å². The lowest BCUT2D eigenvalue weighted by Gasteiger charge is -2.12. The van der Waals surface area contributed by atoms with Gasteiger partial charge in [0.1, 0.15) is 12.4 Å². The summed E-state index contributed by atoms with van der Waals surface area (Å²) in [6.07, 6.45) is 7.52. The number of hydrogen-bond donors (Lipinski definition) is 2. The molecule has 0 spiro atoms. The van der Waals surface area contributed by atoms with Crippen molar-refractivity contribution in [1.82, 2.24) is 5.32 Å². The first-order chi connectivity index (χ1) is 19.8. The first-order valence-electron chi connectivity index (χ1n) is 15.2. The van der Waals surface area contributed by atoms with Gasteiger partial charge in [0.15, 0.2) is 0 Å². The lowest BCUT2D eigenvalue weighted by Crippen LogP contribution is -2.16. The Morgan fingerprint density at radius 3 is 1.95 bits per heavy atom. The Bertz CT molecular complexity index is 1050. The molecule has 0 radical (unpaired) electrons. The topological polar surface area (TPSA) is 83.3 Å². The molecule has 0 saturated heterocycles. The number of hydrogen-bond acceptors (Lipinski definition) is 5. The molecule has 6 heteroatoms. The highest BCUT2D eigenvalue weighted by atomic mass is 16.5. The van der Waals surface area contributed by atoms with E-state index in [-0.39, 0.29) is 12.2 Å².